The summed E-state index contributed by atoms with van der Waals surface area (Å²) in [7, 11) is -6.35. The lowest BCUT2D eigenvalue weighted by atomic mass is 10.1. The van der Waals surface area contributed by atoms with E-state index in [1.165, 1.54) is 41.7 Å². The molecule has 1 aliphatic rings. The standard InChI is InChI=1S/C23H22N2O6S2/c1-30-16-9-11-17(12-10-16)32(26,27)23-24-22-19-8-4-3-7-18(19)21(15-20(22)31-23)33(28,29)25-13-5-2-6-14-25/h3-4,7-12,15H,2,5-6,13-14H2,1H3. The fourth-order valence-electron chi connectivity index (χ4n) is 4.13. The minimum atomic E-state index is -4.06. The van der Waals surface area contributed by atoms with E-state index in [1.807, 2.05) is 0 Å². The summed E-state index contributed by atoms with van der Waals surface area (Å²) < 4.78 is 65.4. The quantitative estimate of drug-likeness (QED) is 0.420. The molecule has 0 amide bonds. The van der Waals surface area contributed by atoms with E-state index in [9.17, 15) is 16.8 Å². The van der Waals surface area contributed by atoms with Crippen LogP contribution in [0.1, 0.15) is 19.3 Å². The maximum atomic E-state index is 13.5. The molecule has 2 heterocycles. The van der Waals surface area contributed by atoms with E-state index in [-0.39, 0.29) is 15.4 Å². The van der Waals surface area contributed by atoms with Crippen molar-refractivity contribution in [2.24, 2.45) is 0 Å². The zero-order chi connectivity index (χ0) is 23.2. The first-order valence-corrected chi connectivity index (χ1v) is 13.5. The van der Waals surface area contributed by atoms with Crippen molar-refractivity contribution in [1.29, 1.82) is 0 Å². The summed E-state index contributed by atoms with van der Waals surface area (Å²) in [6.07, 6.45) is 2.62. The molecule has 0 atom stereocenters. The predicted octanol–water partition coefficient (Wildman–Crippen LogP) is 4.00. The Bertz CT molecular complexity index is 1550. The summed E-state index contributed by atoms with van der Waals surface area (Å²) in [6, 6.07) is 14.2. The number of hydrogen-bond acceptors (Lipinski definition) is 7. The Kier molecular flexibility index (Phi) is 5.38. The number of piperidine rings is 1. The van der Waals surface area contributed by atoms with Gasteiger partial charge in [0.25, 0.3) is 9.84 Å². The zero-order valence-electron chi connectivity index (χ0n) is 17.9. The molecule has 4 aromatic rings. The van der Waals surface area contributed by atoms with Crippen molar-refractivity contribution in [3.05, 3.63) is 54.6 Å². The van der Waals surface area contributed by atoms with Crippen molar-refractivity contribution >= 4 is 41.7 Å². The number of sulfone groups is 1. The van der Waals surface area contributed by atoms with Gasteiger partial charge in [-0.1, -0.05) is 30.7 Å². The number of methoxy groups -OCH3 is 1. The average molecular weight is 487 g/mol. The van der Waals surface area contributed by atoms with Gasteiger partial charge in [-0.15, -0.1) is 0 Å². The van der Waals surface area contributed by atoms with Crippen LogP contribution in [-0.2, 0) is 19.9 Å². The maximum absolute atomic E-state index is 13.5. The van der Waals surface area contributed by atoms with Crippen LogP contribution >= 0.6 is 0 Å². The topological polar surface area (TPSA) is 107 Å². The highest BCUT2D eigenvalue weighted by Gasteiger charge is 2.31. The molecule has 0 bridgehead atoms. The van der Waals surface area contributed by atoms with Gasteiger partial charge in [0, 0.05) is 29.9 Å². The number of sulfonamides is 1. The van der Waals surface area contributed by atoms with Gasteiger partial charge in [-0.25, -0.2) is 16.8 Å². The van der Waals surface area contributed by atoms with Crippen LogP contribution in [0, 0.1) is 0 Å². The highest BCUT2D eigenvalue weighted by atomic mass is 32.2. The second kappa shape index (κ2) is 8.12. The van der Waals surface area contributed by atoms with E-state index < -0.39 is 25.1 Å². The molecule has 1 fully saturated rings. The molecule has 0 saturated carbocycles. The van der Waals surface area contributed by atoms with Gasteiger partial charge in [-0.3, -0.25) is 0 Å². The average Bonchev–Trinajstić information content (AvgIpc) is 3.30. The monoisotopic (exact) mass is 486 g/mol. The van der Waals surface area contributed by atoms with Gasteiger partial charge in [0.1, 0.15) is 11.3 Å². The van der Waals surface area contributed by atoms with Crippen LogP contribution < -0.4 is 4.74 Å². The predicted molar refractivity (Wildman–Crippen MR) is 123 cm³/mol. The molecule has 172 valence electrons. The molecule has 1 aliphatic heterocycles. The molecule has 1 saturated heterocycles. The number of benzene rings is 3. The second-order valence-electron chi connectivity index (χ2n) is 7.89. The van der Waals surface area contributed by atoms with Gasteiger partial charge in [-0.05, 0) is 37.1 Å². The van der Waals surface area contributed by atoms with E-state index in [0.717, 1.165) is 19.3 Å². The first-order chi connectivity index (χ1) is 15.8. The third-order valence-electron chi connectivity index (χ3n) is 5.88. The number of aromatic nitrogens is 1. The first-order valence-electron chi connectivity index (χ1n) is 10.5. The number of hydrogen-bond donors (Lipinski definition) is 0. The SMILES string of the molecule is COc1ccc(S(=O)(=O)c2nc3c(cc(S(=O)(=O)N4CCCCC4)c4ccccc43)o2)cc1. The van der Waals surface area contributed by atoms with Gasteiger partial charge < -0.3 is 9.15 Å². The summed E-state index contributed by atoms with van der Waals surface area (Å²) in [5.41, 5.74) is 0.409. The van der Waals surface area contributed by atoms with Gasteiger partial charge in [0.05, 0.1) is 16.9 Å². The summed E-state index contributed by atoms with van der Waals surface area (Å²) >= 11 is 0. The van der Waals surface area contributed by atoms with E-state index in [2.05, 4.69) is 4.98 Å². The highest BCUT2D eigenvalue weighted by molar-refractivity contribution is 7.91. The molecule has 10 heteroatoms. The third kappa shape index (κ3) is 3.68. The molecule has 33 heavy (non-hydrogen) atoms. The molecule has 0 aliphatic carbocycles. The van der Waals surface area contributed by atoms with Crippen LogP contribution in [0.3, 0.4) is 0 Å². The van der Waals surface area contributed by atoms with Gasteiger partial charge in [0.2, 0.25) is 10.0 Å². The lowest BCUT2D eigenvalue weighted by molar-refractivity contribution is 0.347. The number of oxazole rings is 1. The summed E-state index contributed by atoms with van der Waals surface area (Å²) in [5.74, 6) is 0.519. The Labute approximate surface area is 191 Å². The van der Waals surface area contributed by atoms with Crippen LogP contribution in [-0.4, -0.2) is 46.3 Å². The van der Waals surface area contributed by atoms with Crippen LogP contribution in [0.4, 0.5) is 0 Å². The van der Waals surface area contributed by atoms with E-state index in [1.54, 1.807) is 24.3 Å². The Balaban J connectivity index is 1.69. The smallest absolute Gasteiger partial charge is 0.321 e. The molecule has 0 N–H and O–H groups in total. The Morgan fingerprint density at radius 3 is 2.24 bits per heavy atom. The van der Waals surface area contributed by atoms with Crippen LogP contribution in [0.15, 0.2) is 74.0 Å². The molecule has 0 unspecified atom stereocenters. The summed E-state index contributed by atoms with van der Waals surface area (Å²) in [5, 5.41) is 0.517. The molecular weight excluding hydrogens is 464 g/mol. The summed E-state index contributed by atoms with van der Waals surface area (Å²) in [4.78, 5) is 4.37. The molecule has 0 spiro atoms. The lowest BCUT2D eigenvalue weighted by Crippen LogP contribution is -2.35. The number of ether oxygens (including phenoxy) is 1. The van der Waals surface area contributed by atoms with E-state index in [4.69, 9.17) is 9.15 Å². The van der Waals surface area contributed by atoms with E-state index >= 15 is 0 Å². The fraction of sp³-hybridized carbons (Fsp3) is 0.261. The molecule has 8 nitrogen and oxygen atoms in total. The van der Waals surface area contributed by atoms with Crippen molar-refractivity contribution in [2.75, 3.05) is 20.2 Å². The van der Waals surface area contributed by atoms with Gasteiger partial charge in [0.15, 0.2) is 5.58 Å². The van der Waals surface area contributed by atoms with Crippen molar-refractivity contribution in [2.45, 2.75) is 34.3 Å². The molecule has 3 aromatic carbocycles. The zero-order valence-corrected chi connectivity index (χ0v) is 19.5. The maximum Gasteiger partial charge on any atom is 0.321 e. The van der Waals surface area contributed by atoms with Crippen molar-refractivity contribution < 1.29 is 26.0 Å². The number of fused-ring (bicyclic) bond motifs is 3. The minimum absolute atomic E-state index is 0.000299. The number of nitrogens with zero attached hydrogens (tertiary/aromatic N) is 2. The van der Waals surface area contributed by atoms with Crippen LogP contribution in [0.25, 0.3) is 21.9 Å². The molecule has 0 radical (unpaired) electrons. The second-order valence-corrected chi connectivity index (χ2v) is 11.6. The normalized spacial score (nSPS) is 15.8. The first kappa shape index (κ1) is 21.9. The molecule has 5 rings (SSSR count). The minimum Gasteiger partial charge on any atom is -0.497 e. The molecule has 1 aromatic heterocycles. The Hall–Kier alpha value is -2.95. The Morgan fingerprint density at radius 2 is 1.58 bits per heavy atom. The van der Waals surface area contributed by atoms with Gasteiger partial charge >= 0.3 is 5.22 Å². The van der Waals surface area contributed by atoms with Crippen LogP contribution in [0.2, 0.25) is 0 Å². The van der Waals surface area contributed by atoms with E-state index in [0.29, 0.717) is 35.1 Å². The third-order valence-corrected chi connectivity index (χ3v) is 9.34. The van der Waals surface area contributed by atoms with Crippen molar-refractivity contribution in [1.82, 2.24) is 9.29 Å². The van der Waals surface area contributed by atoms with Crippen molar-refractivity contribution in [3.8, 4) is 5.75 Å². The number of rotatable bonds is 5. The lowest BCUT2D eigenvalue weighted by Gasteiger charge is -2.26. The largest absolute Gasteiger partial charge is 0.497 e. The van der Waals surface area contributed by atoms with Crippen molar-refractivity contribution in [3.63, 3.8) is 0 Å². The van der Waals surface area contributed by atoms with Crippen LogP contribution in [0.5, 0.6) is 5.75 Å². The Morgan fingerprint density at radius 1 is 0.909 bits per heavy atom. The molecular formula is C23H22N2O6S2. The fourth-order valence-corrected chi connectivity index (χ4v) is 6.97. The summed E-state index contributed by atoms with van der Waals surface area (Å²) in [6.45, 7) is 0.921. The van der Waals surface area contributed by atoms with Gasteiger partial charge in [-0.2, -0.15) is 9.29 Å². The highest BCUT2D eigenvalue weighted by Crippen LogP contribution is 2.35.